The maximum Gasteiger partial charge on any atom is 0.148 e. The van der Waals surface area contributed by atoms with Crippen LogP contribution in [0, 0.1) is 0 Å². The number of rotatable bonds is 14. The van der Waals surface area contributed by atoms with E-state index in [0.29, 0.717) is 0 Å². The van der Waals surface area contributed by atoms with E-state index in [1.54, 1.807) is 22.7 Å². The van der Waals surface area contributed by atoms with Crippen LogP contribution in [0.4, 0.5) is 0 Å². The van der Waals surface area contributed by atoms with Gasteiger partial charge in [0.2, 0.25) is 0 Å². The quantitative estimate of drug-likeness (QED) is 0.103. The van der Waals surface area contributed by atoms with Crippen LogP contribution in [0.15, 0.2) is 48.5 Å². The summed E-state index contributed by atoms with van der Waals surface area (Å²) in [5, 5.41) is 27.4. The van der Waals surface area contributed by atoms with E-state index in [1.165, 1.54) is 91.3 Å². The molecule has 6 heteroatoms. The predicted octanol–water partition coefficient (Wildman–Crippen LogP) is 10.1. The fourth-order valence-electron chi connectivity index (χ4n) is 5.11. The number of aromatic nitrogens is 4. The SMILES string of the molecule is CCCCCCCc1nnc(-c2ccc3c(ccc4c(-c5nnc(CCCCCCC)s5)cccc43)c2)s1. The summed E-state index contributed by atoms with van der Waals surface area (Å²) in [6.07, 6.45) is 14.9. The molecule has 0 saturated heterocycles. The zero-order valence-corrected chi connectivity index (χ0v) is 24.3. The van der Waals surface area contributed by atoms with Gasteiger partial charge in [0.1, 0.15) is 20.0 Å². The van der Waals surface area contributed by atoms with E-state index in [4.69, 9.17) is 0 Å². The standard InChI is InChI=1S/C32H38N4S2/c1-3-5-7-9-11-16-29-33-35-31(37-29)24-19-20-25-23(22-24)18-21-27-26(25)14-13-15-28(27)32-36-34-30(38-32)17-12-10-8-6-4-2/h13-15,18-22H,3-12,16-17H2,1-2H3. The number of benzene rings is 3. The molecular weight excluding hydrogens is 505 g/mol. The summed E-state index contributed by atoms with van der Waals surface area (Å²) in [6, 6.07) is 17.7. The first-order valence-electron chi connectivity index (χ1n) is 14.4. The molecule has 0 radical (unpaired) electrons. The van der Waals surface area contributed by atoms with Gasteiger partial charge >= 0.3 is 0 Å². The highest BCUT2D eigenvalue weighted by Crippen LogP contribution is 2.36. The first-order valence-corrected chi connectivity index (χ1v) is 16.0. The Hall–Kier alpha value is -2.70. The Morgan fingerprint density at radius 3 is 1.89 bits per heavy atom. The van der Waals surface area contributed by atoms with E-state index < -0.39 is 0 Å². The number of nitrogens with zero attached hydrogens (tertiary/aromatic N) is 4. The van der Waals surface area contributed by atoms with Crippen molar-refractivity contribution in [2.75, 3.05) is 0 Å². The highest BCUT2D eigenvalue weighted by Gasteiger charge is 2.13. The van der Waals surface area contributed by atoms with Gasteiger partial charge in [-0.25, -0.2) is 0 Å². The topological polar surface area (TPSA) is 51.6 Å². The van der Waals surface area contributed by atoms with Gasteiger partial charge in [-0.15, -0.1) is 20.4 Å². The molecule has 0 spiro atoms. The number of aryl methyl sites for hydroxylation is 2. The van der Waals surface area contributed by atoms with Gasteiger partial charge in [0.25, 0.3) is 0 Å². The van der Waals surface area contributed by atoms with Crippen molar-refractivity contribution in [1.29, 1.82) is 0 Å². The van der Waals surface area contributed by atoms with Crippen LogP contribution >= 0.6 is 22.7 Å². The highest BCUT2D eigenvalue weighted by molar-refractivity contribution is 7.15. The van der Waals surface area contributed by atoms with Crippen LogP contribution in [-0.4, -0.2) is 20.4 Å². The van der Waals surface area contributed by atoms with Crippen molar-refractivity contribution in [1.82, 2.24) is 20.4 Å². The molecule has 0 fully saturated rings. The van der Waals surface area contributed by atoms with Crippen LogP contribution in [-0.2, 0) is 12.8 Å². The van der Waals surface area contributed by atoms with Crippen molar-refractivity contribution < 1.29 is 0 Å². The van der Waals surface area contributed by atoms with Gasteiger partial charge in [-0.1, -0.05) is 130 Å². The molecule has 0 aliphatic rings. The van der Waals surface area contributed by atoms with Gasteiger partial charge in [-0.05, 0) is 40.5 Å². The van der Waals surface area contributed by atoms with Crippen LogP contribution in [0.25, 0.3) is 42.7 Å². The second kappa shape index (κ2) is 13.4. The molecule has 3 aromatic carbocycles. The number of fused-ring (bicyclic) bond motifs is 3. The Morgan fingerprint density at radius 2 is 1.18 bits per heavy atom. The van der Waals surface area contributed by atoms with Crippen LogP contribution in [0.5, 0.6) is 0 Å². The lowest BCUT2D eigenvalue weighted by atomic mass is 9.97. The second-order valence-electron chi connectivity index (χ2n) is 10.2. The molecular formula is C32H38N4S2. The summed E-state index contributed by atoms with van der Waals surface area (Å²) in [7, 11) is 0. The molecule has 0 unspecified atom stereocenters. The summed E-state index contributed by atoms with van der Waals surface area (Å²) >= 11 is 3.48. The molecule has 5 aromatic rings. The molecule has 0 N–H and O–H groups in total. The summed E-state index contributed by atoms with van der Waals surface area (Å²) in [6.45, 7) is 4.52. The van der Waals surface area contributed by atoms with Gasteiger partial charge in [-0.2, -0.15) is 0 Å². The van der Waals surface area contributed by atoms with Crippen molar-refractivity contribution in [2.24, 2.45) is 0 Å². The average molecular weight is 543 g/mol. The molecule has 4 nitrogen and oxygen atoms in total. The smallest absolute Gasteiger partial charge is 0.143 e. The molecule has 0 bridgehead atoms. The maximum absolute atomic E-state index is 4.58. The normalized spacial score (nSPS) is 11.6. The fourth-order valence-corrected chi connectivity index (χ4v) is 6.91. The molecule has 0 aliphatic carbocycles. The predicted molar refractivity (Wildman–Crippen MR) is 164 cm³/mol. The lowest BCUT2D eigenvalue weighted by Crippen LogP contribution is -1.85. The lowest BCUT2D eigenvalue weighted by Gasteiger charge is -2.08. The summed E-state index contributed by atoms with van der Waals surface area (Å²) in [5.41, 5.74) is 2.33. The van der Waals surface area contributed by atoms with E-state index in [1.807, 2.05) is 0 Å². The van der Waals surface area contributed by atoms with Crippen molar-refractivity contribution in [2.45, 2.75) is 90.9 Å². The summed E-state index contributed by atoms with van der Waals surface area (Å²) in [4.78, 5) is 0. The Kier molecular flexibility index (Phi) is 9.47. The van der Waals surface area contributed by atoms with Crippen molar-refractivity contribution >= 4 is 44.2 Å². The zero-order valence-electron chi connectivity index (χ0n) is 22.7. The highest BCUT2D eigenvalue weighted by atomic mass is 32.1. The van der Waals surface area contributed by atoms with E-state index in [0.717, 1.165) is 38.4 Å². The molecule has 0 aliphatic heterocycles. The number of unbranched alkanes of at least 4 members (excludes halogenated alkanes) is 8. The minimum Gasteiger partial charge on any atom is -0.143 e. The number of hydrogen-bond acceptors (Lipinski definition) is 6. The monoisotopic (exact) mass is 542 g/mol. The minimum absolute atomic E-state index is 1.01. The third-order valence-electron chi connectivity index (χ3n) is 7.28. The van der Waals surface area contributed by atoms with Gasteiger partial charge in [0.15, 0.2) is 0 Å². The van der Waals surface area contributed by atoms with E-state index in [-0.39, 0.29) is 0 Å². The minimum atomic E-state index is 1.01. The van der Waals surface area contributed by atoms with Gasteiger partial charge in [0, 0.05) is 24.0 Å². The van der Waals surface area contributed by atoms with Crippen LogP contribution < -0.4 is 0 Å². The Balaban J connectivity index is 1.33. The van der Waals surface area contributed by atoms with Gasteiger partial charge in [0.05, 0.1) is 0 Å². The third kappa shape index (κ3) is 6.47. The molecule has 5 rings (SSSR count). The summed E-state index contributed by atoms with van der Waals surface area (Å²) in [5.74, 6) is 0. The molecule has 38 heavy (non-hydrogen) atoms. The molecule has 198 valence electrons. The van der Waals surface area contributed by atoms with Gasteiger partial charge < -0.3 is 0 Å². The van der Waals surface area contributed by atoms with Crippen LogP contribution in [0.3, 0.4) is 0 Å². The van der Waals surface area contributed by atoms with Crippen LogP contribution in [0.1, 0.15) is 88.1 Å². The molecule has 0 amide bonds. The summed E-state index contributed by atoms with van der Waals surface area (Å²) < 4.78 is 0. The van der Waals surface area contributed by atoms with Crippen molar-refractivity contribution in [3.05, 3.63) is 58.5 Å². The Labute approximate surface area is 234 Å². The third-order valence-corrected chi connectivity index (χ3v) is 9.33. The van der Waals surface area contributed by atoms with E-state index in [9.17, 15) is 0 Å². The molecule has 2 aromatic heterocycles. The molecule has 0 saturated carbocycles. The zero-order chi connectivity index (χ0) is 26.2. The van der Waals surface area contributed by atoms with Crippen molar-refractivity contribution in [3.8, 4) is 21.1 Å². The largest absolute Gasteiger partial charge is 0.148 e. The second-order valence-corrected chi connectivity index (χ2v) is 12.4. The fraction of sp³-hybridized carbons (Fsp3) is 0.438. The first-order chi connectivity index (χ1) is 18.8. The Morgan fingerprint density at radius 1 is 0.553 bits per heavy atom. The van der Waals surface area contributed by atoms with Crippen LogP contribution in [0.2, 0.25) is 0 Å². The lowest BCUT2D eigenvalue weighted by molar-refractivity contribution is 0.630. The number of hydrogen-bond donors (Lipinski definition) is 0. The van der Waals surface area contributed by atoms with Crippen molar-refractivity contribution in [3.63, 3.8) is 0 Å². The first kappa shape index (κ1) is 26.9. The average Bonchev–Trinajstić information content (AvgIpc) is 3.62. The van der Waals surface area contributed by atoms with E-state index >= 15 is 0 Å². The van der Waals surface area contributed by atoms with E-state index in [2.05, 4.69) is 82.8 Å². The molecule has 2 heterocycles. The molecule has 0 atom stereocenters. The Bertz CT molecular complexity index is 1470. The maximum atomic E-state index is 4.58. The van der Waals surface area contributed by atoms with Gasteiger partial charge in [-0.3, -0.25) is 0 Å².